The van der Waals surface area contributed by atoms with Crippen LogP contribution < -0.4 is 0 Å². The van der Waals surface area contributed by atoms with Gasteiger partial charge in [0.15, 0.2) is 0 Å². The first-order valence-electron chi connectivity index (χ1n) is 12.2. The maximum atomic E-state index is 13.2. The van der Waals surface area contributed by atoms with Gasteiger partial charge in [-0.15, -0.1) is 0 Å². The van der Waals surface area contributed by atoms with E-state index in [4.69, 9.17) is 8.92 Å². The van der Waals surface area contributed by atoms with Crippen LogP contribution in [0.5, 0.6) is 0 Å². The van der Waals surface area contributed by atoms with E-state index in [0.29, 0.717) is 38.4 Å². The van der Waals surface area contributed by atoms with Crippen LogP contribution >= 0.6 is 0 Å². The summed E-state index contributed by atoms with van der Waals surface area (Å²) >= 11 is 0. The Labute approximate surface area is 203 Å². The molecule has 2 aliphatic rings. The number of hydrogen-bond donors (Lipinski definition) is 0. The molecule has 0 spiro atoms. The van der Waals surface area contributed by atoms with Crippen LogP contribution in [0.25, 0.3) is 0 Å². The van der Waals surface area contributed by atoms with Gasteiger partial charge in [-0.25, -0.2) is 4.79 Å². The molecule has 0 saturated carbocycles. The van der Waals surface area contributed by atoms with Gasteiger partial charge >= 0.3 is 6.09 Å². The summed E-state index contributed by atoms with van der Waals surface area (Å²) in [6.07, 6.45) is 4.23. The summed E-state index contributed by atoms with van der Waals surface area (Å²) in [6.45, 7) is 9.25. The first-order chi connectivity index (χ1) is 16.0. The van der Waals surface area contributed by atoms with Crippen LogP contribution in [-0.2, 0) is 23.8 Å². The average Bonchev–Trinajstić information content (AvgIpc) is 2.78. The monoisotopic (exact) mass is 494 g/mol. The van der Waals surface area contributed by atoms with E-state index < -0.39 is 27.9 Å². The normalized spacial score (nSPS) is 20.3. The van der Waals surface area contributed by atoms with Crippen molar-refractivity contribution in [3.8, 4) is 0 Å². The van der Waals surface area contributed by atoms with Gasteiger partial charge in [-0.1, -0.05) is 17.7 Å². The number of rotatable bonds is 6. The molecule has 34 heavy (non-hydrogen) atoms. The highest BCUT2D eigenvalue weighted by Gasteiger charge is 2.37. The van der Waals surface area contributed by atoms with Gasteiger partial charge in [0.1, 0.15) is 11.6 Å². The lowest BCUT2D eigenvalue weighted by Gasteiger charge is -2.40. The zero-order chi connectivity index (χ0) is 24.9. The summed E-state index contributed by atoms with van der Waals surface area (Å²) in [4.78, 5) is 29.5. The molecule has 0 unspecified atom stereocenters. The van der Waals surface area contributed by atoms with Crippen LogP contribution in [0.15, 0.2) is 29.2 Å². The average molecular weight is 495 g/mol. The number of amides is 2. The van der Waals surface area contributed by atoms with Crippen molar-refractivity contribution in [1.82, 2.24) is 9.80 Å². The largest absolute Gasteiger partial charge is 0.444 e. The Balaban J connectivity index is 1.47. The van der Waals surface area contributed by atoms with Crippen LogP contribution in [-0.4, -0.2) is 68.1 Å². The number of aryl methyl sites for hydroxylation is 1. The molecule has 0 bridgehead atoms. The molecule has 0 aliphatic carbocycles. The van der Waals surface area contributed by atoms with Crippen molar-refractivity contribution >= 4 is 22.1 Å². The highest BCUT2D eigenvalue weighted by molar-refractivity contribution is 7.86. The van der Waals surface area contributed by atoms with E-state index in [9.17, 15) is 18.0 Å². The van der Waals surface area contributed by atoms with Crippen molar-refractivity contribution in [3.05, 3.63) is 29.8 Å². The van der Waals surface area contributed by atoms with Crippen LogP contribution in [0, 0.1) is 12.8 Å². The molecule has 2 amide bonds. The maximum Gasteiger partial charge on any atom is 0.410 e. The first-order valence-corrected chi connectivity index (χ1v) is 13.6. The van der Waals surface area contributed by atoms with E-state index >= 15 is 0 Å². The molecule has 3 rings (SSSR count). The van der Waals surface area contributed by atoms with Gasteiger partial charge in [0.2, 0.25) is 5.91 Å². The van der Waals surface area contributed by atoms with Gasteiger partial charge in [-0.3, -0.25) is 13.9 Å². The Kier molecular flexibility index (Phi) is 8.62. The molecule has 8 nitrogen and oxygen atoms in total. The number of nitrogens with zero attached hydrogens (tertiary/aromatic N) is 2. The molecule has 9 heteroatoms. The van der Waals surface area contributed by atoms with E-state index in [0.717, 1.165) is 31.2 Å². The Morgan fingerprint density at radius 3 is 2.26 bits per heavy atom. The van der Waals surface area contributed by atoms with Gasteiger partial charge < -0.3 is 9.64 Å². The molecule has 190 valence electrons. The minimum atomic E-state index is -3.76. The molecule has 0 radical (unpaired) electrons. The number of carbonyl (C=O) groups excluding carboxylic acids is 2. The summed E-state index contributed by atoms with van der Waals surface area (Å²) < 4.78 is 35.5. The van der Waals surface area contributed by atoms with Crippen LogP contribution in [0.4, 0.5) is 4.79 Å². The molecule has 2 saturated heterocycles. The second-order valence-electron chi connectivity index (χ2n) is 10.3. The Hall–Kier alpha value is -2.13. The van der Waals surface area contributed by atoms with Crippen LogP contribution in [0.3, 0.4) is 0 Å². The summed E-state index contributed by atoms with van der Waals surface area (Å²) in [5, 5.41) is 0. The fraction of sp³-hybridized carbons (Fsp3) is 0.680. The zero-order valence-corrected chi connectivity index (χ0v) is 21.6. The molecule has 0 aromatic heterocycles. The standard InChI is InChI=1S/C25H38N2O6S/c1-19-8-10-21(11-9-19)34(30,31)32-18-14-20-12-16-26(17-13-20)23(28)22-7-5-6-15-27(22)24(29)33-25(2,3)4/h8-11,20,22H,5-7,12-18H2,1-4H3/t22-/m0/s1. The topological polar surface area (TPSA) is 93.2 Å². The van der Waals surface area contributed by atoms with E-state index in [1.54, 1.807) is 29.2 Å². The van der Waals surface area contributed by atoms with Gasteiger partial charge in [0, 0.05) is 19.6 Å². The lowest BCUT2D eigenvalue weighted by atomic mass is 9.93. The highest BCUT2D eigenvalue weighted by atomic mass is 32.2. The molecule has 0 N–H and O–H groups in total. The van der Waals surface area contributed by atoms with Crippen molar-refractivity contribution in [3.63, 3.8) is 0 Å². The van der Waals surface area contributed by atoms with Crippen LogP contribution in [0.2, 0.25) is 0 Å². The third-order valence-corrected chi connectivity index (χ3v) is 7.74. The van der Waals surface area contributed by atoms with E-state index in [-0.39, 0.29) is 17.4 Å². The predicted molar refractivity (Wildman–Crippen MR) is 129 cm³/mol. The van der Waals surface area contributed by atoms with Crippen molar-refractivity contribution < 1.29 is 26.9 Å². The number of carbonyl (C=O) groups is 2. The Morgan fingerprint density at radius 2 is 1.65 bits per heavy atom. The number of benzene rings is 1. The molecule has 1 aromatic rings. The van der Waals surface area contributed by atoms with E-state index in [1.165, 1.54) is 0 Å². The van der Waals surface area contributed by atoms with Gasteiger partial charge in [0.05, 0.1) is 11.5 Å². The molecule has 1 aromatic carbocycles. The number of ether oxygens (including phenoxy) is 1. The molecule has 2 aliphatic heterocycles. The van der Waals surface area contributed by atoms with Gasteiger partial charge in [-0.05, 0) is 84.3 Å². The molecular formula is C25H38N2O6S. The van der Waals surface area contributed by atoms with Crippen molar-refractivity contribution in [2.75, 3.05) is 26.2 Å². The van der Waals surface area contributed by atoms with Crippen molar-refractivity contribution in [1.29, 1.82) is 0 Å². The summed E-state index contributed by atoms with van der Waals surface area (Å²) in [5.41, 5.74) is 0.387. The predicted octanol–water partition coefficient (Wildman–Crippen LogP) is 4.12. The first kappa shape index (κ1) is 26.5. The Morgan fingerprint density at radius 1 is 1.00 bits per heavy atom. The smallest absolute Gasteiger partial charge is 0.410 e. The van der Waals surface area contributed by atoms with Crippen LogP contribution in [0.1, 0.15) is 64.9 Å². The fourth-order valence-electron chi connectivity index (χ4n) is 4.48. The van der Waals surface area contributed by atoms with E-state index in [2.05, 4.69) is 0 Å². The van der Waals surface area contributed by atoms with Gasteiger partial charge in [0.25, 0.3) is 10.1 Å². The van der Waals surface area contributed by atoms with E-state index in [1.807, 2.05) is 32.6 Å². The second-order valence-corrected chi connectivity index (χ2v) is 11.9. The number of hydrogen-bond acceptors (Lipinski definition) is 6. The van der Waals surface area contributed by atoms with Crippen molar-refractivity contribution in [2.45, 2.75) is 82.8 Å². The highest BCUT2D eigenvalue weighted by Crippen LogP contribution is 2.26. The molecule has 1 atom stereocenters. The third-order valence-electron chi connectivity index (χ3n) is 6.42. The second kappa shape index (κ2) is 11.1. The minimum absolute atomic E-state index is 0.0118. The molecular weight excluding hydrogens is 456 g/mol. The summed E-state index contributed by atoms with van der Waals surface area (Å²) in [5.74, 6) is 0.285. The summed E-state index contributed by atoms with van der Waals surface area (Å²) in [7, 11) is -3.76. The maximum absolute atomic E-state index is 13.2. The number of likely N-dealkylation sites (tertiary alicyclic amines) is 2. The quantitative estimate of drug-likeness (QED) is 0.553. The Bertz CT molecular complexity index is 947. The van der Waals surface area contributed by atoms with Crippen molar-refractivity contribution in [2.24, 2.45) is 5.92 Å². The fourth-order valence-corrected chi connectivity index (χ4v) is 5.40. The lowest BCUT2D eigenvalue weighted by molar-refractivity contribution is -0.139. The molecule has 2 fully saturated rings. The minimum Gasteiger partial charge on any atom is -0.444 e. The van der Waals surface area contributed by atoms with Gasteiger partial charge in [-0.2, -0.15) is 8.42 Å². The molecule has 2 heterocycles. The third kappa shape index (κ3) is 7.18. The zero-order valence-electron chi connectivity index (χ0n) is 20.8. The lowest BCUT2D eigenvalue weighted by Crippen LogP contribution is -2.55. The summed E-state index contributed by atoms with van der Waals surface area (Å²) in [6, 6.07) is 6.14. The number of piperidine rings is 2. The SMILES string of the molecule is Cc1ccc(S(=O)(=O)OCCC2CCN(C(=O)[C@@H]3CCCCN3C(=O)OC(C)(C)C)CC2)cc1.